The highest BCUT2D eigenvalue weighted by atomic mass is 16.3. The van der Waals surface area contributed by atoms with Crippen molar-refractivity contribution in [3.8, 4) is 67.9 Å². The van der Waals surface area contributed by atoms with Crippen LogP contribution in [0.25, 0.3) is 65.7 Å². The predicted molar refractivity (Wildman–Crippen MR) is 176 cm³/mol. The summed E-state index contributed by atoms with van der Waals surface area (Å²) < 4.78 is 0. The lowest BCUT2D eigenvalue weighted by Crippen LogP contribution is -2.26. The Hall–Kier alpha value is -5.75. The van der Waals surface area contributed by atoms with Gasteiger partial charge in [0.05, 0.1) is 0 Å². The van der Waals surface area contributed by atoms with Crippen LogP contribution < -0.4 is 10.9 Å². The second-order valence-electron chi connectivity index (χ2n) is 10.6. The van der Waals surface area contributed by atoms with Crippen LogP contribution in [0, 0.1) is 0 Å². The van der Waals surface area contributed by atoms with Gasteiger partial charge in [0, 0.05) is 32.7 Å². The van der Waals surface area contributed by atoms with E-state index in [1.807, 2.05) is 54.6 Å². The number of phenolic OH excluding ortho intramolecular Hbond substituents is 6. The Morgan fingerprint density at radius 2 is 0.841 bits per heavy atom. The monoisotopic (exact) mass is 572 g/mol. The summed E-state index contributed by atoms with van der Waals surface area (Å²) in [7, 11) is 12.4. The van der Waals surface area contributed by atoms with Gasteiger partial charge in [-0.1, -0.05) is 102 Å². The molecule has 0 saturated carbocycles. The molecular formula is C36H22B2O6. The smallest absolute Gasteiger partial charge is 0.204 e. The molecule has 0 amide bonds. The molecule has 0 aliphatic rings. The van der Waals surface area contributed by atoms with E-state index in [4.69, 9.17) is 15.7 Å². The minimum Gasteiger partial charge on any atom is -0.508 e. The molecule has 7 rings (SSSR count). The first-order valence-corrected chi connectivity index (χ1v) is 13.7. The van der Waals surface area contributed by atoms with E-state index < -0.39 is 34.5 Å². The van der Waals surface area contributed by atoms with Crippen molar-refractivity contribution in [1.29, 1.82) is 0 Å². The number of hydrogen-bond acceptors (Lipinski definition) is 6. The van der Waals surface area contributed by atoms with Gasteiger partial charge in [0.1, 0.15) is 27.2 Å². The lowest BCUT2D eigenvalue weighted by molar-refractivity contribution is 0.351. The van der Waals surface area contributed by atoms with Crippen LogP contribution in [0.1, 0.15) is 0 Å². The summed E-state index contributed by atoms with van der Waals surface area (Å²) in [5, 5.41) is 69.2. The average molecular weight is 572 g/mol. The fourth-order valence-corrected chi connectivity index (χ4v) is 6.18. The van der Waals surface area contributed by atoms with E-state index in [0.29, 0.717) is 11.1 Å². The summed E-state index contributed by atoms with van der Waals surface area (Å²) in [6.45, 7) is 0. The van der Waals surface area contributed by atoms with E-state index >= 15 is 0 Å². The number of hydrogen-bond donors (Lipinski definition) is 6. The molecule has 4 radical (unpaired) electrons. The molecule has 0 heterocycles. The molecule has 0 atom stereocenters. The maximum Gasteiger partial charge on any atom is 0.204 e. The van der Waals surface area contributed by atoms with E-state index in [1.54, 1.807) is 42.5 Å². The first-order valence-electron chi connectivity index (χ1n) is 13.7. The summed E-state index contributed by atoms with van der Waals surface area (Å²) in [6, 6.07) is 29.7. The fraction of sp³-hybridized carbons (Fsp3) is 0. The molecule has 0 bridgehead atoms. The molecular weight excluding hydrogens is 550 g/mol. The zero-order chi connectivity index (χ0) is 30.9. The Morgan fingerprint density at radius 1 is 0.386 bits per heavy atom. The first kappa shape index (κ1) is 27.1. The topological polar surface area (TPSA) is 121 Å². The Bertz CT molecular complexity index is 2230. The molecule has 208 valence electrons. The van der Waals surface area contributed by atoms with E-state index in [2.05, 4.69) is 0 Å². The van der Waals surface area contributed by atoms with Crippen molar-refractivity contribution in [2.75, 3.05) is 0 Å². The van der Waals surface area contributed by atoms with Gasteiger partial charge in [-0.2, -0.15) is 0 Å². The number of rotatable bonds is 3. The fourth-order valence-electron chi connectivity index (χ4n) is 6.18. The molecule has 0 saturated heterocycles. The molecule has 6 nitrogen and oxygen atoms in total. The molecule has 7 aromatic rings. The van der Waals surface area contributed by atoms with Gasteiger partial charge >= 0.3 is 0 Å². The quantitative estimate of drug-likeness (QED) is 0.0672. The highest BCUT2D eigenvalue weighted by Crippen LogP contribution is 2.58. The molecule has 7 aromatic carbocycles. The number of benzene rings is 7. The van der Waals surface area contributed by atoms with Crippen LogP contribution in [0.4, 0.5) is 0 Å². The van der Waals surface area contributed by atoms with Crippen molar-refractivity contribution in [3.63, 3.8) is 0 Å². The third kappa shape index (κ3) is 3.77. The minimum atomic E-state index is -0.952. The second kappa shape index (κ2) is 9.92. The van der Waals surface area contributed by atoms with Crippen molar-refractivity contribution in [2.24, 2.45) is 0 Å². The maximum absolute atomic E-state index is 11.6. The van der Waals surface area contributed by atoms with Crippen molar-refractivity contribution in [3.05, 3.63) is 97.1 Å². The normalized spacial score (nSPS) is 11.5. The summed E-state index contributed by atoms with van der Waals surface area (Å²) in [5.41, 5.74) is 2.34. The summed E-state index contributed by atoms with van der Waals surface area (Å²) in [4.78, 5) is 0. The summed E-state index contributed by atoms with van der Waals surface area (Å²) in [5.74, 6) is -4.31. The van der Waals surface area contributed by atoms with Crippen molar-refractivity contribution in [1.82, 2.24) is 0 Å². The zero-order valence-corrected chi connectivity index (χ0v) is 23.1. The van der Waals surface area contributed by atoms with Gasteiger partial charge in [0.2, 0.25) is 11.5 Å². The Balaban J connectivity index is 1.73. The minimum absolute atomic E-state index is 0.0235. The molecule has 44 heavy (non-hydrogen) atoms. The Kier molecular flexibility index (Phi) is 6.11. The molecule has 0 fully saturated rings. The third-order valence-corrected chi connectivity index (χ3v) is 8.23. The third-order valence-electron chi connectivity index (χ3n) is 8.23. The van der Waals surface area contributed by atoms with Crippen LogP contribution in [0.3, 0.4) is 0 Å². The average Bonchev–Trinajstić information content (AvgIpc) is 3.06. The molecule has 0 unspecified atom stereocenters. The largest absolute Gasteiger partial charge is 0.508 e. The molecule has 0 aromatic heterocycles. The van der Waals surface area contributed by atoms with E-state index in [-0.39, 0.29) is 43.6 Å². The SMILES string of the molecule is [B]c1c([B])c(O)c2c(-c3cccc(-c4cccc5ccccc45)c3)c3c(O)c(O)c(O)c(O)c3c(-c3ccccc3)c2c1O. The van der Waals surface area contributed by atoms with Gasteiger partial charge in [-0.05, 0) is 39.1 Å². The number of phenols is 6. The first-order chi connectivity index (χ1) is 21.2. The molecule has 0 spiro atoms. The Morgan fingerprint density at radius 3 is 1.48 bits per heavy atom. The van der Waals surface area contributed by atoms with E-state index in [1.165, 1.54) is 0 Å². The summed E-state index contributed by atoms with van der Waals surface area (Å²) >= 11 is 0. The number of fused-ring (bicyclic) bond motifs is 3. The lowest BCUT2D eigenvalue weighted by atomic mass is 9.74. The van der Waals surface area contributed by atoms with Gasteiger partial charge in [-0.25, -0.2) is 0 Å². The van der Waals surface area contributed by atoms with Crippen LogP contribution in [0.15, 0.2) is 97.1 Å². The maximum atomic E-state index is 11.6. The number of aromatic hydroxyl groups is 6. The summed E-state index contributed by atoms with van der Waals surface area (Å²) in [6.07, 6.45) is 0. The van der Waals surface area contributed by atoms with Crippen LogP contribution >= 0.6 is 0 Å². The van der Waals surface area contributed by atoms with Crippen LogP contribution in [-0.2, 0) is 0 Å². The Labute approximate surface area is 254 Å². The van der Waals surface area contributed by atoms with Gasteiger partial charge in [-0.3, -0.25) is 0 Å². The van der Waals surface area contributed by atoms with E-state index in [9.17, 15) is 30.6 Å². The van der Waals surface area contributed by atoms with E-state index in [0.717, 1.165) is 21.9 Å². The van der Waals surface area contributed by atoms with Crippen molar-refractivity contribution >= 4 is 58.9 Å². The molecule has 0 aliphatic heterocycles. The van der Waals surface area contributed by atoms with Crippen LogP contribution in [0.5, 0.6) is 34.5 Å². The molecule has 8 heteroatoms. The second-order valence-corrected chi connectivity index (χ2v) is 10.6. The van der Waals surface area contributed by atoms with Crippen LogP contribution in [-0.4, -0.2) is 46.3 Å². The standard InChI is InChI=1S/C36H22B2O6/c37-29-30(38)32(40)26-24(20-13-6-12-19(16-20)22-15-7-11-17-8-4-5-14-21(17)22)28-27(33(41)35(43)36(44)34(28)42)23(25(26)31(29)39)18-9-2-1-3-10-18/h1-16,39-44H. The van der Waals surface area contributed by atoms with Crippen molar-refractivity contribution < 1.29 is 30.6 Å². The highest BCUT2D eigenvalue weighted by molar-refractivity contribution is 6.53. The van der Waals surface area contributed by atoms with Gasteiger partial charge in [0.25, 0.3) is 0 Å². The molecule has 0 aliphatic carbocycles. The van der Waals surface area contributed by atoms with Crippen molar-refractivity contribution in [2.45, 2.75) is 0 Å². The molecule has 6 N–H and O–H groups in total. The van der Waals surface area contributed by atoms with Gasteiger partial charge in [-0.15, -0.1) is 0 Å². The zero-order valence-electron chi connectivity index (χ0n) is 23.1. The van der Waals surface area contributed by atoms with Crippen LogP contribution in [0.2, 0.25) is 0 Å². The predicted octanol–water partition coefficient (Wildman–Crippen LogP) is 5.97. The highest BCUT2D eigenvalue weighted by Gasteiger charge is 2.30. The van der Waals surface area contributed by atoms with Gasteiger partial charge < -0.3 is 30.6 Å². The lowest BCUT2D eigenvalue weighted by Gasteiger charge is -2.24. The van der Waals surface area contributed by atoms with Gasteiger partial charge in [0.15, 0.2) is 11.5 Å².